The summed E-state index contributed by atoms with van der Waals surface area (Å²) < 4.78 is 13.8. The number of fused-ring (bicyclic) bond motifs is 4. The molecule has 53 heavy (non-hydrogen) atoms. The van der Waals surface area contributed by atoms with Gasteiger partial charge in [0.15, 0.2) is 0 Å². The van der Waals surface area contributed by atoms with Crippen LogP contribution >= 0.6 is 0 Å². The number of para-hydroxylation sites is 2. The van der Waals surface area contributed by atoms with Crippen molar-refractivity contribution < 1.29 is 9.47 Å². The van der Waals surface area contributed by atoms with Gasteiger partial charge in [0.2, 0.25) is 0 Å². The first kappa shape index (κ1) is 33.5. The number of ether oxygens (including phenoxy) is 2. The molecule has 7 heteroatoms. The number of hydrogen-bond acceptors (Lipinski definition) is 6. The van der Waals surface area contributed by atoms with E-state index < -0.39 is 0 Å². The molecule has 5 aromatic carbocycles. The Kier molecular flexibility index (Phi) is 7.03. The zero-order valence-corrected chi connectivity index (χ0v) is 32.5. The fourth-order valence-electron chi connectivity index (χ4n) is 9.11. The molecule has 5 aromatic rings. The van der Waals surface area contributed by atoms with Gasteiger partial charge in [0, 0.05) is 28.0 Å². The number of aliphatic imine (C=N–C) groups is 2. The molecule has 6 nitrogen and oxygen atoms in total. The Hall–Kier alpha value is -5.30. The Morgan fingerprint density at radius 3 is 1.30 bits per heavy atom. The van der Waals surface area contributed by atoms with Crippen LogP contribution in [0.15, 0.2) is 113 Å². The average molecular weight is 699 g/mol. The van der Waals surface area contributed by atoms with E-state index in [0.717, 1.165) is 84.7 Å². The van der Waals surface area contributed by atoms with E-state index in [1.807, 2.05) is 6.07 Å². The predicted molar refractivity (Wildman–Crippen MR) is 222 cm³/mol. The molecule has 0 saturated carbocycles. The van der Waals surface area contributed by atoms with Crippen LogP contribution < -0.4 is 35.7 Å². The minimum atomic E-state index is -0.213. The van der Waals surface area contributed by atoms with Crippen LogP contribution in [0.3, 0.4) is 0 Å². The summed E-state index contributed by atoms with van der Waals surface area (Å²) in [6.45, 7) is 22.1. The van der Waals surface area contributed by atoms with Crippen LogP contribution in [0.25, 0.3) is 22.3 Å². The van der Waals surface area contributed by atoms with Crippen molar-refractivity contribution in [1.82, 2.24) is 0 Å². The Balaban J connectivity index is 1.16. The maximum absolute atomic E-state index is 6.89. The van der Waals surface area contributed by atoms with Gasteiger partial charge in [0.05, 0.1) is 22.2 Å². The zero-order valence-electron chi connectivity index (χ0n) is 32.5. The van der Waals surface area contributed by atoms with Gasteiger partial charge in [0.25, 0.3) is 6.71 Å². The summed E-state index contributed by atoms with van der Waals surface area (Å²) >= 11 is 0. The van der Waals surface area contributed by atoms with Crippen LogP contribution in [0, 0.1) is 0 Å². The summed E-state index contributed by atoms with van der Waals surface area (Å²) in [5.41, 5.74) is 9.15. The number of rotatable bonds is 4. The molecule has 0 amide bonds. The summed E-state index contributed by atoms with van der Waals surface area (Å²) in [5, 5.41) is 0. The van der Waals surface area contributed by atoms with Crippen molar-refractivity contribution in [3.8, 4) is 45.3 Å². The van der Waals surface area contributed by atoms with Crippen molar-refractivity contribution in [2.45, 2.75) is 91.4 Å². The molecule has 266 valence electrons. The van der Waals surface area contributed by atoms with Crippen molar-refractivity contribution in [3.63, 3.8) is 0 Å². The highest BCUT2D eigenvalue weighted by atomic mass is 16.5. The number of hydrogen-bond donors (Lipinski definition) is 0. The molecule has 4 aliphatic heterocycles. The van der Waals surface area contributed by atoms with E-state index in [1.165, 1.54) is 0 Å². The fraction of sp³-hybridized carbons (Fsp3) is 0.304. The van der Waals surface area contributed by atoms with Gasteiger partial charge in [0.1, 0.15) is 34.7 Å². The van der Waals surface area contributed by atoms with E-state index >= 15 is 0 Å². The normalized spacial score (nSPS) is 19.4. The van der Waals surface area contributed by atoms with E-state index in [1.54, 1.807) is 0 Å². The Bertz CT molecular complexity index is 2260. The standard InChI is InChI=1S/C46H47BN4O2/c1-28-48-43(3,4)45(7,8)50(28)32-18-11-16-30(26-32)34-20-13-22-36-41(34)52-38-24-15-25-39-40(38)47(36)37-23-14-21-35(42(37)53-39)31-17-12-19-33(27-31)51-29(2)49-44(5,6)46(51,9)10/h11-27H,1-10H3. The second-order valence-electron chi connectivity index (χ2n) is 17.1. The van der Waals surface area contributed by atoms with Crippen molar-refractivity contribution >= 4 is 46.1 Å². The molecule has 0 radical (unpaired) electrons. The van der Waals surface area contributed by atoms with Crippen LogP contribution in [-0.4, -0.2) is 40.5 Å². The summed E-state index contributed by atoms with van der Waals surface area (Å²) in [6, 6.07) is 36.9. The lowest BCUT2D eigenvalue weighted by atomic mass is 9.34. The zero-order chi connectivity index (χ0) is 37.2. The Labute approximate surface area is 314 Å². The fourth-order valence-corrected chi connectivity index (χ4v) is 9.11. The molecule has 4 heterocycles. The third-order valence-electron chi connectivity index (χ3n) is 12.9. The molecule has 0 bridgehead atoms. The molecule has 0 spiro atoms. The average Bonchev–Trinajstić information content (AvgIpc) is 3.38. The molecule has 9 rings (SSSR count). The van der Waals surface area contributed by atoms with Crippen molar-refractivity contribution in [2.24, 2.45) is 9.98 Å². The molecule has 0 atom stereocenters. The summed E-state index contributed by atoms with van der Waals surface area (Å²) in [6.07, 6.45) is 0. The maximum Gasteiger partial charge on any atom is 0.260 e. The second kappa shape index (κ2) is 11.1. The first-order valence-corrected chi connectivity index (χ1v) is 18.8. The monoisotopic (exact) mass is 698 g/mol. The van der Waals surface area contributed by atoms with E-state index in [4.69, 9.17) is 19.5 Å². The summed E-state index contributed by atoms with van der Waals surface area (Å²) in [5.74, 6) is 5.50. The molecule has 0 fully saturated rings. The van der Waals surface area contributed by atoms with Crippen LogP contribution in [0.4, 0.5) is 11.4 Å². The van der Waals surface area contributed by atoms with Gasteiger partial charge in [-0.1, -0.05) is 66.7 Å². The third kappa shape index (κ3) is 4.71. The number of amidine groups is 2. The highest BCUT2D eigenvalue weighted by molar-refractivity contribution is 6.98. The van der Waals surface area contributed by atoms with E-state index in [0.29, 0.717) is 0 Å². The largest absolute Gasteiger partial charge is 0.458 e. The van der Waals surface area contributed by atoms with Gasteiger partial charge in [-0.25, -0.2) is 0 Å². The predicted octanol–water partition coefficient (Wildman–Crippen LogP) is 9.34. The molecule has 0 aromatic heterocycles. The van der Waals surface area contributed by atoms with Crippen LogP contribution in [0.5, 0.6) is 23.0 Å². The lowest BCUT2D eigenvalue weighted by Crippen LogP contribution is -2.57. The lowest BCUT2D eigenvalue weighted by molar-refractivity contribution is 0.338. The minimum absolute atomic E-state index is 0.0552. The van der Waals surface area contributed by atoms with Gasteiger partial charge >= 0.3 is 0 Å². The summed E-state index contributed by atoms with van der Waals surface area (Å²) in [7, 11) is 0. The highest BCUT2D eigenvalue weighted by Gasteiger charge is 2.49. The SMILES string of the molecule is CC1=NC(C)(C)C(C)(C)N1c1cccc(-c2cccc3c2Oc2cccc4c2B3c2cccc(-c3cccc(N5C(C)=NC(C)(C)C5(C)C)c3)c2O4)c1. The van der Waals surface area contributed by atoms with Gasteiger partial charge < -0.3 is 19.3 Å². The number of benzene rings is 5. The van der Waals surface area contributed by atoms with Crippen molar-refractivity contribution in [2.75, 3.05) is 9.80 Å². The Morgan fingerprint density at radius 1 is 0.509 bits per heavy atom. The maximum atomic E-state index is 6.89. The van der Waals surface area contributed by atoms with E-state index in [9.17, 15) is 0 Å². The molecule has 4 aliphatic rings. The lowest BCUT2D eigenvalue weighted by Gasteiger charge is -2.41. The highest BCUT2D eigenvalue weighted by Crippen LogP contribution is 2.46. The van der Waals surface area contributed by atoms with E-state index in [-0.39, 0.29) is 28.9 Å². The van der Waals surface area contributed by atoms with Gasteiger partial charge in [-0.3, -0.25) is 9.98 Å². The second-order valence-corrected chi connectivity index (χ2v) is 17.1. The third-order valence-corrected chi connectivity index (χ3v) is 12.9. The molecule has 0 aliphatic carbocycles. The minimum Gasteiger partial charge on any atom is -0.458 e. The number of anilines is 2. The topological polar surface area (TPSA) is 49.7 Å². The van der Waals surface area contributed by atoms with Gasteiger partial charge in [-0.2, -0.15) is 0 Å². The molecular formula is C46H47BN4O2. The van der Waals surface area contributed by atoms with Crippen LogP contribution in [0.2, 0.25) is 0 Å². The van der Waals surface area contributed by atoms with Crippen molar-refractivity contribution in [1.29, 1.82) is 0 Å². The molecule has 0 unspecified atom stereocenters. The molecule has 0 saturated heterocycles. The Morgan fingerprint density at radius 2 is 0.906 bits per heavy atom. The van der Waals surface area contributed by atoms with Gasteiger partial charge in [-0.15, -0.1) is 0 Å². The van der Waals surface area contributed by atoms with Crippen LogP contribution in [-0.2, 0) is 0 Å². The summed E-state index contributed by atoms with van der Waals surface area (Å²) in [4.78, 5) is 14.9. The molecular weight excluding hydrogens is 651 g/mol. The van der Waals surface area contributed by atoms with Gasteiger partial charge in [-0.05, 0) is 128 Å². The first-order valence-electron chi connectivity index (χ1n) is 18.8. The van der Waals surface area contributed by atoms with E-state index in [2.05, 4.69) is 176 Å². The first-order chi connectivity index (χ1) is 25.1. The van der Waals surface area contributed by atoms with Crippen LogP contribution in [0.1, 0.15) is 69.2 Å². The number of nitrogens with zero attached hydrogens (tertiary/aromatic N) is 4. The molecule has 0 N–H and O–H groups in total. The smallest absolute Gasteiger partial charge is 0.260 e. The van der Waals surface area contributed by atoms with Crippen molar-refractivity contribution in [3.05, 3.63) is 103 Å². The quantitative estimate of drug-likeness (QED) is 0.172.